The number of rotatable bonds is 6. The second-order valence-electron chi connectivity index (χ2n) is 9.21. The Morgan fingerprint density at radius 1 is 1.21 bits per heavy atom. The van der Waals surface area contributed by atoms with Crippen molar-refractivity contribution in [3.05, 3.63) is 35.7 Å². The summed E-state index contributed by atoms with van der Waals surface area (Å²) in [5, 5.41) is 5.31. The third kappa shape index (κ3) is 5.31. The van der Waals surface area contributed by atoms with Crippen LogP contribution in [0.1, 0.15) is 44.7 Å². The number of anilines is 1. The number of amides is 2. The predicted molar refractivity (Wildman–Crippen MR) is 117 cm³/mol. The molecule has 1 spiro atoms. The molecule has 1 aliphatic carbocycles. The zero-order valence-corrected chi connectivity index (χ0v) is 21.5. The number of alkyl halides is 2. The van der Waals surface area contributed by atoms with Crippen molar-refractivity contribution in [2.75, 3.05) is 16.9 Å². The normalized spacial score (nSPS) is 16.5. The summed E-state index contributed by atoms with van der Waals surface area (Å²) in [6, 6.07) is 3.92. The Morgan fingerprint density at radius 3 is 2.58 bits per heavy atom. The molecule has 0 unspecified atom stereocenters. The van der Waals surface area contributed by atoms with Gasteiger partial charge in [-0.2, -0.15) is 0 Å². The summed E-state index contributed by atoms with van der Waals surface area (Å²) < 4.78 is 16.6. The zero-order valence-electron chi connectivity index (χ0n) is 19.3. The van der Waals surface area contributed by atoms with Gasteiger partial charge in [0, 0.05) is 0 Å². The second-order valence-corrected chi connectivity index (χ2v) is 11.7. The molecule has 2 N–H and O–H groups in total. The molecule has 2 heterocycles. The van der Waals surface area contributed by atoms with E-state index in [-0.39, 0.29) is 17.1 Å². The van der Waals surface area contributed by atoms with Crippen LogP contribution in [-0.4, -0.2) is 43.2 Å². The van der Waals surface area contributed by atoms with Crippen LogP contribution in [-0.2, 0) is 14.9 Å². The molecule has 1 saturated carbocycles. The van der Waals surface area contributed by atoms with Crippen molar-refractivity contribution >= 4 is 17.8 Å². The van der Waals surface area contributed by atoms with Crippen molar-refractivity contribution in [2.24, 2.45) is 0 Å². The number of halogens is 1. The van der Waals surface area contributed by atoms with Gasteiger partial charge in [0.25, 0.3) is 0 Å². The van der Waals surface area contributed by atoms with E-state index in [9.17, 15) is 9.59 Å². The van der Waals surface area contributed by atoms with Gasteiger partial charge in [-0.25, -0.2) is 0 Å². The number of fused-ring (bicyclic) bond motifs is 2. The number of nitrogens with zero attached hydrogens (tertiary/aromatic N) is 2. The molecule has 1 aromatic carbocycles. The average Bonchev–Trinajstić information content (AvgIpc) is 3.42. The molecule has 0 bridgehead atoms. The van der Waals surface area contributed by atoms with E-state index in [1.54, 1.807) is 20.8 Å². The number of carbonyl (C=O) groups is 2. The van der Waals surface area contributed by atoms with Gasteiger partial charge in [0.15, 0.2) is 0 Å². The quantitative estimate of drug-likeness (QED) is 0.297. The SMILES string of the molecule is C[I-][C@@H](NC(=O)OC(C)(C)C)C(=O)Nc1cnc(Oc2ccc(C)c3c2C2(CC2)CO3)cn1. The van der Waals surface area contributed by atoms with E-state index in [2.05, 4.69) is 20.6 Å². The number of alkyl carbamates (subject to hydrolysis) is 1. The second kappa shape index (κ2) is 8.96. The Kier molecular flexibility index (Phi) is 6.39. The first kappa shape index (κ1) is 23.5. The van der Waals surface area contributed by atoms with Crippen molar-refractivity contribution in [3.63, 3.8) is 0 Å². The van der Waals surface area contributed by atoms with E-state index in [0.29, 0.717) is 12.5 Å². The number of aromatic nitrogens is 2. The first-order chi connectivity index (χ1) is 15.6. The molecule has 1 atom stereocenters. The number of aryl methyl sites for hydroxylation is 1. The van der Waals surface area contributed by atoms with E-state index < -0.39 is 36.9 Å². The summed E-state index contributed by atoms with van der Waals surface area (Å²) in [5.74, 6) is 1.88. The molecule has 178 valence electrons. The molecule has 4 rings (SSSR count). The minimum absolute atomic E-state index is 0.0669. The maximum atomic E-state index is 12.6. The Hall–Kier alpha value is -2.63. The summed E-state index contributed by atoms with van der Waals surface area (Å²) in [6.07, 6.45) is 4.46. The summed E-state index contributed by atoms with van der Waals surface area (Å²) in [7, 11) is 0. The van der Waals surface area contributed by atoms with Gasteiger partial charge >= 0.3 is 197 Å². The Balaban J connectivity index is 1.40. The van der Waals surface area contributed by atoms with Gasteiger partial charge in [0.2, 0.25) is 0 Å². The van der Waals surface area contributed by atoms with E-state index >= 15 is 0 Å². The zero-order chi connectivity index (χ0) is 23.8. The van der Waals surface area contributed by atoms with Crippen LogP contribution in [0.4, 0.5) is 10.6 Å². The minimum atomic E-state index is -0.652. The van der Waals surface area contributed by atoms with E-state index in [4.69, 9.17) is 14.2 Å². The van der Waals surface area contributed by atoms with Gasteiger partial charge in [-0.05, 0) is 6.92 Å². The fourth-order valence-electron chi connectivity index (χ4n) is 3.64. The third-order valence-corrected chi connectivity index (χ3v) is 7.50. The molecule has 2 aliphatic rings. The van der Waals surface area contributed by atoms with E-state index in [1.807, 2.05) is 24.0 Å². The van der Waals surface area contributed by atoms with E-state index in [1.165, 1.54) is 12.4 Å². The Morgan fingerprint density at radius 2 is 1.97 bits per heavy atom. The van der Waals surface area contributed by atoms with Gasteiger partial charge in [0.05, 0.1) is 0 Å². The van der Waals surface area contributed by atoms with Crippen molar-refractivity contribution in [3.8, 4) is 17.4 Å². The molecule has 0 radical (unpaired) electrons. The summed E-state index contributed by atoms with van der Waals surface area (Å²) in [5.41, 5.74) is 1.64. The molecule has 2 aromatic rings. The molecule has 33 heavy (non-hydrogen) atoms. The van der Waals surface area contributed by atoms with Crippen molar-refractivity contribution < 1.29 is 45.0 Å². The maximum absolute atomic E-state index is 12.6. The number of hydrogen-bond donors (Lipinski definition) is 2. The van der Waals surface area contributed by atoms with Gasteiger partial charge < -0.3 is 0 Å². The molecule has 1 aromatic heterocycles. The van der Waals surface area contributed by atoms with Crippen LogP contribution in [0, 0.1) is 6.92 Å². The molecule has 1 fully saturated rings. The first-order valence-corrected chi connectivity index (χ1v) is 14.1. The Labute approximate surface area is 203 Å². The van der Waals surface area contributed by atoms with Crippen LogP contribution in [0.25, 0.3) is 0 Å². The van der Waals surface area contributed by atoms with Crippen molar-refractivity contribution in [1.82, 2.24) is 15.3 Å². The van der Waals surface area contributed by atoms with Crippen LogP contribution in [0.2, 0.25) is 0 Å². The molecule has 10 heteroatoms. The van der Waals surface area contributed by atoms with Gasteiger partial charge in [0.1, 0.15) is 0 Å². The summed E-state index contributed by atoms with van der Waals surface area (Å²) >= 11 is -0.632. The number of ether oxygens (including phenoxy) is 3. The Bertz CT molecular complexity index is 1060. The standard InChI is InChI=1S/C23H28IN4O5/c1-13-6-7-14(17-18(13)31-12-23(17)8-9-23)32-16-11-25-15(10-26-16)27-20(29)19(24-5)28-21(30)33-22(2,3)4/h6-7,10-11,19H,8-9,12H2,1-5H3,(H,28,30)(H,25,27,29)/q-1/t19-/m0/s1. The number of hydrogen-bond acceptors (Lipinski definition) is 7. The fraction of sp³-hybridized carbons (Fsp3) is 0.478. The van der Waals surface area contributed by atoms with Crippen LogP contribution >= 0.6 is 0 Å². The topological polar surface area (TPSA) is 112 Å². The fourth-order valence-corrected chi connectivity index (χ4v) is 4.92. The first-order valence-electron chi connectivity index (χ1n) is 10.7. The predicted octanol–water partition coefficient (Wildman–Crippen LogP) is 0.509. The van der Waals surface area contributed by atoms with Crippen LogP contribution in [0.5, 0.6) is 17.4 Å². The van der Waals surface area contributed by atoms with Crippen LogP contribution in [0.3, 0.4) is 0 Å². The molecule has 2 amide bonds. The number of benzene rings is 1. The average molecular weight is 567 g/mol. The molecule has 0 saturated heterocycles. The number of carbonyl (C=O) groups excluding carboxylic acids is 2. The monoisotopic (exact) mass is 567 g/mol. The molecule has 1 aliphatic heterocycles. The van der Waals surface area contributed by atoms with Crippen LogP contribution < -0.4 is 41.3 Å². The summed E-state index contributed by atoms with van der Waals surface area (Å²) in [6.45, 7) is 8.03. The van der Waals surface area contributed by atoms with Crippen molar-refractivity contribution in [2.45, 2.75) is 55.6 Å². The van der Waals surface area contributed by atoms with Crippen LogP contribution in [0.15, 0.2) is 24.5 Å². The van der Waals surface area contributed by atoms with Gasteiger partial charge in [-0.15, -0.1) is 0 Å². The summed E-state index contributed by atoms with van der Waals surface area (Å²) in [4.78, 5) is 35.0. The number of nitrogens with one attached hydrogen (secondary N) is 2. The molecular weight excluding hydrogens is 539 g/mol. The molecule has 9 nitrogen and oxygen atoms in total. The third-order valence-electron chi connectivity index (χ3n) is 5.38. The van der Waals surface area contributed by atoms with E-state index in [0.717, 1.165) is 35.5 Å². The van der Waals surface area contributed by atoms with Gasteiger partial charge in [-0.3, -0.25) is 0 Å². The molecular formula is C23H28IN4O5-. The van der Waals surface area contributed by atoms with Gasteiger partial charge in [-0.1, -0.05) is 0 Å². The van der Waals surface area contributed by atoms with Crippen molar-refractivity contribution in [1.29, 1.82) is 0 Å².